The van der Waals surface area contributed by atoms with Crippen LogP contribution in [0.15, 0.2) is 42.5 Å². The standard InChI is InChI=1S/C24H27ClFN3O3/c1-32-22-7-4-18(25)13-21(22)29-15-17(12-23(29)30)24(31)27-20-8-10-28(11-9-20)14-16-2-5-19(26)6-3-16/h2-7,13,17,20H,8-12,14-15H2,1H3,(H,27,31). The molecular formula is C24H27ClFN3O3. The SMILES string of the molecule is COc1ccc(Cl)cc1N1CC(C(=O)NC2CCN(Cc3ccc(F)cc3)CC2)CC1=O. The fourth-order valence-corrected chi connectivity index (χ4v) is 4.56. The Morgan fingerprint density at radius 3 is 2.59 bits per heavy atom. The first-order valence-electron chi connectivity index (χ1n) is 10.8. The topological polar surface area (TPSA) is 61.9 Å². The lowest BCUT2D eigenvalue weighted by molar-refractivity contribution is -0.127. The van der Waals surface area contributed by atoms with Crippen LogP contribution in [0, 0.1) is 11.7 Å². The number of hydrogen-bond acceptors (Lipinski definition) is 4. The van der Waals surface area contributed by atoms with E-state index in [-0.39, 0.29) is 30.1 Å². The molecule has 6 nitrogen and oxygen atoms in total. The fourth-order valence-electron chi connectivity index (χ4n) is 4.39. The van der Waals surface area contributed by atoms with Gasteiger partial charge in [-0.25, -0.2) is 4.39 Å². The van der Waals surface area contributed by atoms with E-state index in [1.807, 2.05) is 0 Å². The molecule has 2 aromatic carbocycles. The summed E-state index contributed by atoms with van der Waals surface area (Å²) in [6.45, 7) is 2.80. The summed E-state index contributed by atoms with van der Waals surface area (Å²) in [5.41, 5.74) is 1.67. The van der Waals surface area contributed by atoms with Crippen LogP contribution in [-0.2, 0) is 16.1 Å². The molecule has 2 aliphatic heterocycles. The second-order valence-electron chi connectivity index (χ2n) is 8.41. The van der Waals surface area contributed by atoms with Gasteiger partial charge in [0.05, 0.1) is 18.7 Å². The number of nitrogens with one attached hydrogen (secondary N) is 1. The first-order chi connectivity index (χ1) is 15.4. The summed E-state index contributed by atoms with van der Waals surface area (Å²) < 4.78 is 18.4. The third-order valence-electron chi connectivity index (χ3n) is 6.18. The molecule has 170 valence electrons. The Morgan fingerprint density at radius 1 is 1.19 bits per heavy atom. The maximum absolute atomic E-state index is 13.1. The molecule has 0 aromatic heterocycles. The fraction of sp³-hybridized carbons (Fsp3) is 0.417. The molecule has 2 amide bonds. The quantitative estimate of drug-likeness (QED) is 0.716. The molecule has 2 saturated heterocycles. The lowest BCUT2D eigenvalue weighted by Crippen LogP contribution is -2.46. The van der Waals surface area contributed by atoms with E-state index in [1.165, 1.54) is 12.1 Å². The summed E-state index contributed by atoms with van der Waals surface area (Å²) in [4.78, 5) is 29.4. The van der Waals surface area contributed by atoms with Crippen molar-refractivity contribution in [2.45, 2.75) is 31.8 Å². The molecule has 0 aliphatic carbocycles. The molecule has 1 N–H and O–H groups in total. The zero-order valence-electron chi connectivity index (χ0n) is 18.0. The molecule has 0 bridgehead atoms. The number of rotatable bonds is 6. The molecule has 32 heavy (non-hydrogen) atoms. The highest BCUT2D eigenvalue weighted by atomic mass is 35.5. The number of amides is 2. The number of nitrogens with zero attached hydrogens (tertiary/aromatic N) is 2. The summed E-state index contributed by atoms with van der Waals surface area (Å²) in [6, 6.07) is 11.8. The van der Waals surface area contributed by atoms with Crippen molar-refractivity contribution < 1.29 is 18.7 Å². The Balaban J connectivity index is 1.29. The third kappa shape index (κ3) is 5.22. The largest absolute Gasteiger partial charge is 0.495 e. The summed E-state index contributed by atoms with van der Waals surface area (Å²) >= 11 is 6.10. The number of halogens is 2. The van der Waals surface area contributed by atoms with Crippen LogP contribution in [0.3, 0.4) is 0 Å². The normalized spacial score (nSPS) is 19.9. The molecule has 0 spiro atoms. The monoisotopic (exact) mass is 459 g/mol. The summed E-state index contributed by atoms with van der Waals surface area (Å²) in [6.07, 6.45) is 1.86. The Hall–Kier alpha value is -2.64. The van der Waals surface area contributed by atoms with Crippen LogP contribution in [0.1, 0.15) is 24.8 Å². The molecule has 2 aromatic rings. The molecule has 0 saturated carbocycles. The minimum atomic E-state index is -0.400. The predicted molar refractivity (Wildman–Crippen MR) is 121 cm³/mol. The molecule has 2 fully saturated rings. The van der Waals surface area contributed by atoms with Gasteiger partial charge in [-0.05, 0) is 48.7 Å². The Morgan fingerprint density at radius 2 is 1.91 bits per heavy atom. The van der Waals surface area contributed by atoms with Crippen LogP contribution in [0.25, 0.3) is 0 Å². The van der Waals surface area contributed by atoms with E-state index in [9.17, 15) is 14.0 Å². The van der Waals surface area contributed by atoms with Crippen LogP contribution in [0.5, 0.6) is 5.75 Å². The van der Waals surface area contributed by atoms with Gasteiger partial charge in [-0.1, -0.05) is 23.7 Å². The van der Waals surface area contributed by atoms with Crippen LogP contribution in [-0.4, -0.2) is 49.5 Å². The zero-order chi connectivity index (χ0) is 22.7. The van der Waals surface area contributed by atoms with E-state index < -0.39 is 5.92 Å². The van der Waals surface area contributed by atoms with Gasteiger partial charge in [-0.2, -0.15) is 0 Å². The van der Waals surface area contributed by atoms with Gasteiger partial charge in [0.25, 0.3) is 0 Å². The third-order valence-corrected chi connectivity index (χ3v) is 6.42. The van der Waals surface area contributed by atoms with Gasteiger partial charge in [0, 0.05) is 43.7 Å². The maximum Gasteiger partial charge on any atom is 0.227 e. The highest BCUT2D eigenvalue weighted by Gasteiger charge is 2.37. The van der Waals surface area contributed by atoms with Crippen molar-refractivity contribution in [3.63, 3.8) is 0 Å². The first-order valence-corrected chi connectivity index (χ1v) is 11.2. The molecule has 8 heteroatoms. The summed E-state index contributed by atoms with van der Waals surface area (Å²) in [7, 11) is 1.54. The van der Waals surface area contributed by atoms with E-state index in [0.29, 0.717) is 23.0 Å². The average molecular weight is 460 g/mol. The molecule has 4 rings (SSSR count). The van der Waals surface area contributed by atoms with Crippen molar-refractivity contribution in [3.8, 4) is 5.75 Å². The highest BCUT2D eigenvalue weighted by molar-refractivity contribution is 6.31. The lowest BCUT2D eigenvalue weighted by atomic mass is 10.0. The number of methoxy groups -OCH3 is 1. The molecule has 1 unspecified atom stereocenters. The molecule has 0 radical (unpaired) electrons. The van der Waals surface area contributed by atoms with E-state index in [4.69, 9.17) is 16.3 Å². The Bertz CT molecular complexity index is 977. The van der Waals surface area contributed by atoms with Gasteiger partial charge >= 0.3 is 0 Å². The minimum Gasteiger partial charge on any atom is -0.495 e. The van der Waals surface area contributed by atoms with Crippen molar-refractivity contribution in [2.75, 3.05) is 31.6 Å². The zero-order valence-corrected chi connectivity index (χ0v) is 18.8. The number of carbonyl (C=O) groups excluding carboxylic acids is 2. The number of benzene rings is 2. The summed E-state index contributed by atoms with van der Waals surface area (Å²) in [5, 5.41) is 3.64. The average Bonchev–Trinajstić information content (AvgIpc) is 3.18. The van der Waals surface area contributed by atoms with E-state index in [2.05, 4.69) is 10.2 Å². The number of hydrogen-bond donors (Lipinski definition) is 1. The highest BCUT2D eigenvalue weighted by Crippen LogP contribution is 2.35. The van der Waals surface area contributed by atoms with Crippen molar-refractivity contribution in [2.24, 2.45) is 5.92 Å². The molecule has 1 atom stereocenters. The van der Waals surface area contributed by atoms with Crippen LogP contribution in [0.4, 0.5) is 10.1 Å². The van der Waals surface area contributed by atoms with E-state index in [0.717, 1.165) is 38.0 Å². The summed E-state index contributed by atoms with van der Waals surface area (Å²) in [5.74, 6) is -0.271. The molecule has 2 aliphatic rings. The molecule has 2 heterocycles. The number of anilines is 1. The maximum atomic E-state index is 13.1. The smallest absolute Gasteiger partial charge is 0.227 e. The number of ether oxygens (including phenoxy) is 1. The first kappa shape index (κ1) is 22.6. The van der Waals surface area contributed by atoms with Crippen LogP contribution in [0.2, 0.25) is 5.02 Å². The predicted octanol–water partition coefficient (Wildman–Crippen LogP) is 3.62. The Kier molecular flexibility index (Phi) is 6.96. The van der Waals surface area contributed by atoms with Gasteiger partial charge in [0.1, 0.15) is 11.6 Å². The minimum absolute atomic E-state index is 0.0844. The van der Waals surface area contributed by atoms with Gasteiger partial charge < -0.3 is 15.0 Å². The van der Waals surface area contributed by atoms with Crippen molar-refractivity contribution in [3.05, 3.63) is 58.9 Å². The second kappa shape index (κ2) is 9.88. The van der Waals surface area contributed by atoms with Gasteiger partial charge in [-0.15, -0.1) is 0 Å². The van der Waals surface area contributed by atoms with Crippen LogP contribution >= 0.6 is 11.6 Å². The van der Waals surface area contributed by atoms with Crippen molar-refractivity contribution in [1.29, 1.82) is 0 Å². The number of likely N-dealkylation sites (tertiary alicyclic amines) is 1. The number of piperidine rings is 1. The van der Waals surface area contributed by atoms with Crippen molar-refractivity contribution >= 4 is 29.1 Å². The van der Waals surface area contributed by atoms with E-state index in [1.54, 1.807) is 42.3 Å². The number of carbonyl (C=O) groups is 2. The van der Waals surface area contributed by atoms with Gasteiger partial charge in [0.2, 0.25) is 11.8 Å². The van der Waals surface area contributed by atoms with Crippen LogP contribution < -0.4 is 15.0 Å². The van der Waals surface area contributed by atoms with Crippen molar-refractivity contribution in [1.82, 2.24) is 10.2 Å². The van der Waals surface area contributed by atoms with Gasteiger partial charge in [-0.3, -0.25) is 14.5 Å². The molecular weight excluding hydrogens is 433 g/mol. The van der Waals surface area contributed by atoms with E-state index >= 15 is 0 Å². The van der Waals surface area contributed by atoms with Gasteiger partial charge in [0.15, 0.2) is 0 Å². The Labute approximate surface area is 192 Å². The lowest BCUT2D eigenvalue weighted by Gasteiger charge is -2.32. The second-order valence-corrected chi connectivity index (χ2v) is 8.84.